The Morgan fingerprint density at radius 3 is 2.58 bits per heavy atom. The molecule has 31 heavy (non-hydrogen) atoms. The van der Waals surface area contributed by atoms with E-state index in [-0.39, 0.29) is 11.8 Å². The van der Waals surface area contributed by atoms with Gasteiger partial charge in [-0.3, -0.25) is 9.59 Å². The molecule has 0 spiro atoms. The van der Waals surface area contributed by atoms with Crippen molar-refractivity contribution in [1.82, 2.24) is 5.32 Å². The van der Waals surface area contributed by atoms with E-state index in [9.17, 15) is 9.59 Å². The van der Waals surface area contributed by atoms with Crippen LogP contribution >= 0.6 is 23.4 Å². The molecule has 0 unspecified atom stereocenters. The van der Waals surface area contributed by atoms with Gasteiger partial charge in [-0.25, -0.2) is 0 Å². The molecule has 1 N–H and O–H groups in total. The van der Waals surface area contributed by atoms with Gasteiger partial charge in [-0.1, -0.05) is 71.4 Å². The number of hydrogen-bond acceptors (Lipinski definition) is 3. The number of carbonyl (C=O) groups excluding carboxylic acids is 2. The first-order valence-corrected chi connectivity index (χ1v) is 11.0. The van der Waals surface area contributed by atoms with Crippen LogP contribution in [0, 0.1) is 6.92 Å². The SMILES string of the molecule is Cc1ccc(CNC(=O)c2ccc3c(c2)N(C)C(=O)C(=Cc2ccccc2Cl)S3)cc1. The van der Waals surface area contributed by atoms with Crippen molar-refractivity contribution < 1.29 is 9.59 Å². The molecule has 1 aliphatic rings. The summed E-state index contributed by atoms with van der Waals surface area (Å²) in [5.74, 6) is -0.304. The topological polar surface area (TPSA) is 49.4 Å². The minimum Gasteiger partial charge on any atom is -0.348 e. The standard InChI is InChI=1S/C25H21ClN2O2S/c1-16-7-9-17(10-8-16)15-27-24(29)19-11-12-22-21(13-19)28(2)25(30)23(31-22)14-18-5-3-4-6-20(18)26/h3-14H,15H2,1-2H3,(H,27,29). The van der Waals surface area contributed by atoms with Crippen molar-refractivity contribution in [3.8, 4) is 0 Å². The molecule has 2 amide bonds. The van der Waals surface area contributed by atoms with Crippen LogP contribution in [-0.2, 0) is 11.3 Å². The van der Waals surface area contributed by atoms with Gasteiger partial charge in [-0.05, 0) is 48.4 Å². The number of benzene rings is 3. The highest BCUT2D eigenvalue weighted by molar-refractivity contribution is 8.04. The lowest BCUT2D eigenvalue weighted by molar-refractivity contribution is -0.114. The number of fused-ring (bicyclic) bond motifs is 1. The van der Waals surface area contributed by atoms with Gasteiger partial charge in [0.2, 0.25) is 0 Å². The zero-order valence-electron chi connectivity index (χ0n) is 17.2. The number of amides is 2. The fourth-order valence-corrected chi connectivity index (χ4v) is 4.53. The fraction of sp³-hybridized carbons (Fsp3) is 0.120. The monoisotopic (exact) mass is 448 g/mol. The molecule has 0 bridgehead atoms. The summed E-state index contributed by atoms with van der Waals surface area (Å²) in [6.07, 6.45) is 1.80. The van der Waals surface area contributed by atoms with Crippen molar-refractivity contribution in [3.05, 3.63) is 98.9 Å². The van der Waals surface area contributed by atoms with E-state index in [1.165, 1.54) is 17.3 Å². The molecule has 3 aromatic rings. The van der Waals surface area contributed by atoms with Crippen molar-refractivity contribution >= 4 is 46.9 Å². The van der Waals surface area contributed by atoms with Gasteiger partial charge < -0.3 is 10.2 Å². The molecule has 1 heterocycles. The minimum absolute atomic E-state index is 0.130. The van der Waals surface area contributed by atoms with Gasteiger partial charge in [0.1, 0.15) is 0 Å². The number of hydrogen-bond donors (Lipinski definition) is 1. The summed E-state index contributed by atoms with van der Waals surface area (Å²) >= 11 is 7.63. The van der Waals surface area contributed by atoms with Crippen LogP contribution in [0.25, 0.3) is 6.08 Å². The maximum Gasteiger partial charge on any atom is 0.264 e. The lowest BCUT2D eigenvalue weighted by atomic mass is 10.1. The number of nitrogens with one attached hydrogen (secondary N) is 1. The molecule has 0 aliphatic carbocycles. The fourth-order valence-electron chi connectivity index (χ4n) is 3.26. The first kappa shape index (κ1) is 21.2. The Bertz CT molecular complexity index is 1190. The van der Waals surface area contributed by atoms with Crippen molar-refractivity contribution in [2.75, 3.05) is 11.9 Å². The van der Waals surface area contributed by atoms with E-state index in [0.717, 1.165) is 16.0 Å². The molecule has 4 nitrogen and oxygen atoms in total. The third-order valence-corrected chi connectivity index (χ3v) is 6.51. The molecule has 6 heteroatoms. The van der Waals surface area contributed by atoms with Crippen molar-refractivity contribution in [1.29, 1.82) is 0 Å². The van der Waals surface area contributed by atoms with Crippen molar-refractivity contribution in [2.24, 2.45) is 0 Å². The summed E-state index contributed by atoms with van der Waals surface area (Å²) in [6.45, 7) is 2.48. The number of halogens is 1. The van der Waals surface area contributed by atoms with Gasteiger partial charge in [0.05, 0.1) is 10.6 Å². The summed E-state index contributed by atoms with van der Waals surface area (Å²) < 4.78 is 0. The summed E-state index contributed by atoms with van der Waals surface area (Å²) in [5.41, 5.74) is 4.25. The highest BCUT2D eigenvalue weighted by Gasteiger charge is 2.27. The van der Waals surface area contributed by atoms with Gasteiger partial charge in [-0.2, -0.15) is 0 Å². The number of likely N-dealkylation sites (N-methyl/N-ethyl adjacent to an activating group) is 1. The Labute approximate surface area is 190 Å². The smallest absolute Gasteiger partial charge is 0.264 e. The van der Waals surface area contributed by atoms with E-state index >= 15 is 0 Å². The number of nitrogens with zero attached hydrogens (tertiary/aromatic N) is 1. The first-order chi connectivity index (χ1) is 14.9. The number of thioether (sulfide) groups is 1. The van der Waals surface area contributed by atoms with Gasteiger partial charge in [0.25, 0.3) is 11.8 Å². The zero-order valence-corrected chi connectivity index (χ0v) is 18.8. The molecule has 0 saturated heterocycles. The van der Waals surface area contributed by atoms with E-state index in [1.807, 2.05) is 55.5 Å². The molecule has 3 aromatic carbocycles. The van der Waals surface area contributed by atoms with Crippen LogP contribution in [0.1, 0.15) is 27.0 Å². The number of rotatable bonds is 4. The molecule has 0 atom stereocenters. The Kier molecular flexibility index (Phi) is 6.16. The van der Waals surface area contributed by atoms with Crippen molar-refractivity contribution in [2.45, 2.75) is 18.4 Å². The molecule has 156 valence electrons. The van der Waals surface area contributed by atoms with E-state index in [2.05, 4.69) is 5.32 Å². The molecular formula is C25H21ClN2O2S. The van der Waals surface area contributed by atoms with Crippen LogP contribution in [0.3, 0.4) is 0 Å². The molecule has 0 radical (unpaired) electrons. The number of anilines is 1. The second-order valence-corrected chi connectivity index (χ2v) is 8.84. The average Bonchev–Trinajstić information content (AvgIpc) is 2.78. The van der Waals surface area contributed by atoms with Gasteiger partial charge in [-0.15, -0.1) is 0 Å². The minimum atomic E-state index is -0.174. The third-order valence-electron chi connectivity index (χ3n) is 5.08. The van der Waals surface area contributed by atoms with Crippen LogP contribution in [0.2, 0.25) is 5.02 Å². The maximum atomic E-state index is 12.9. The largest absolute Gasteiger partial charge is 0.348 e. The Hall–Kier alpha value is -3.02. The molecule has 1 aliphatic heterocycles. The van der Waals surface area contributed by atoms with E-state index in [1.54, 1.807) is 36.2 Å². The van der Waals surface area contributed by atoms with Crippen LogP contribution in [-0.4, -0.2) is 18.9 Å². The summed E-state index contributed by atoms with van der Waals surface area (Å²) in [7, 11) is 1.72. The molecule has 0 saturated carbocycles. The normalized spacial score (nSPS) is 14.5. The Morgan fingerprint density at radius 2 is 1.84 bits per heavy atom. The Morgan fingerprint density at radius 1 is 1.10 bits per heavy atom. The predicted octanol–water partition coefficient (Wildman–Crippen LogP) is 5.69. The summed E-state index contributed by atoms with van der Waals surface area (Å²) in [4.78, 5) is 28.6. The summed E-state index contributed by atoms with van der Waals surface area (Å²) in [5, 5.41) is 3.53. The lowest BCUT2D eigenvalue weighted by Crippen LogP contribution is -2.31. The van der Waals surface area contributed by atoms with Gasteiger partial charge >= 0.3 is 0 Å². The second-order valence-electron chi connectivity index (χ2n) is 7.35. The number of aryl methyl sites for hydroxylation is 1. The van der Waals surface area contributed by atoms with Crippen LogP contribution in [0.5, 0.6) is 0 Å². The lowest BCUT2D eigenvalue weighted by Gasteiger charge is -2.27. The molecule has 4 rings (SSSR count). The van der Waals surface area contributed by atoms with Crippen LogP contribution in [0.15, 0.2) is 76.5 Å². The maximum absolute atomic E-state index is 12.9. The van der Waals surface area contributed by atoms with E-state index in [0.29, 0.717) is 27.7 Å². The highest BCUT2D eigenvalue weighted by atomic mass is 35.5. The average molecular weight is 449 g/mol. The Balaban J connectivity index is 1.54. The zero-order chi connectivity index (χ0) is 22.0. The molecular weight excluding hydrogens is 428 g/mol. The van der Waals surface area contributed by atoms with E-state index in [4.69, 9.17) is 11.6 Å². The third kappa shape index (κ3) is 4.68. The summed E-state index contributed by atoms with van der Waals surface area (Å²) in [6, 6.07) is 20.9. The first-order valence-electron chi connectivity index (χ1n) is 9.82. The molecule has 0 aromatic heterocycles. The number of carbonyl (C=O) groups is 2. The molecule has 0 fully saturated rings. The predicted molar refractivity (Wildman–Crippen MR) is 127 cm³/mol. The van der Waals surface area contributed by atoms with Gasteiger partial charge in [0, 0.05) is 29.1 Å². The quantitative estimate of drug-likeness (QED) is 0.522. The van der Waals surface area contributed by atoms with Crippen LogP contribution < -0.4 is 10.2 Å². The van der Waals surface area contributed by atoms with Crippen molar-refractivity contribution in [3.63, 3.8) is 0 Å². The van der Waals surface area contributed by atoms with Gasteiger partial charge in [0.15, 0.2) is 0 Å². The van der Waals surface area contributed by atoms with E-state index < -0.39 is 0 Å². The highest BCUT2D eigenvalue weighted by Crippen LogP contribution is 2.42. The van der Waals surface area contributed by atoms with Crippen LogP contribution in [0.4, 0.5) is 5.69 Å². The second kappa shape index (κ2) is 9.00.